The zero-order chi connectivity index (χ0) is 22.8. The van der Waals surface area contributed by atoms with E-state index in [4.69, 9.17) is 14.6 Å². The Morgan fingerprint density at radius 3 is 2.26 bits per heavy atom. The number of rotatable bonds is 7. The van der Waals surface area contributed by atoms with Crippen LogP contribution in [0.25, 0.3) is 0 Å². The Morgan fingerprint density at radius 2 is 1.71 bits per heavy atom. The van der Waals surface area contributed by atoms with Gasteiger partial charge in [-0.2, -0.15) is 0 Å². The monoisotopic (exact) mass is 439 g/mol. The Labute approximate surface area is 181 Å². The summed E-state index contributed by atoms with van der Waals surface area (Å²) < 4.78 is 10.7. The Hall–Kier alpha value is -1.75. The number of aliphatic hydroxyl groups excluding tert-OH is 3. The molecule has 0 spiro atoms. The van der Waals surface area contributed by atoms with Crippen LogP contribution >= 0.6 is 0 Å². The van der Waals surface area contributed by atoms with Gasteiger partial charge in [0.1, 0.15) is 24.1 Å². The van der Waals surface area contributed by atoms with Gasteiger partial charge in [-0.25, -0.2) is 4.79 Å². The van der Waals surface area contributed by atoms with Crippen LogP contribution in [-0.2, 0) is 9.53 Å². The van der Waals surface area contributed by atoms with Crippen LogP contribution in [0.3, 0.4) is 0 Å². The molecule has 2 fully saturated rings. The summed E-state index contributed by atoms with van der Waals surface area (Å²) in [5.41, 5.74) is 0.178. The molecule has 1 heterocycles. The zero-order valence-corrected chi connectivity index (χ0v) is 17.9. The average Bonchev–Trinajstić information content (AvgIpc) is 2.73. The quantitative estimate of drug-likeness (QED) is 0.406. The van der Waals surface area contributed by atoms with Crippen molar-refractivity contribution in [2.75, 3.05) is 20.6 Å². The van der Waals surface area contributed by atoms with Gasteiger partial charge in [-0.1, -0.05) is 31.4 Å². The predicted molar refractivity (Wildman–Crippen MR) is 111 cm³/mol. The molecule has 0 amide bonds. The highest BCUT2D eigenvalue weighted by Gasteiger charge is 2.48. The molecular weight excluding hydrogens is 406 g/mol. The summed E-state index contributed by atoms with van der Waals surface area (Å²) in [5, 5.41) is 50.3. The molecule has 0 radical (unpaired) electrons. The van der Waals surface area contributed by atoms with Crippen molar-refractivity contribution >= 4 is 5.97 Å². The molecule has 1 aromatic rings. The van der Waals surface area contributed by atoms with Crippen molar-refractivity contribution in [3.05, 3.63) is 29.8 Å². The van der Waals surface area contributed by atoms with Crippen molar-refractivity contribution in [1.29, 1.82) is 0 Å². The van der Waals surface area contributed by atoms with E-state index in [2.05, 4.69) is 0 Å². The minimum absolute atomic E-state index is 0.0817. The van der Waals surface area contributed by atoms with E-state index < -0.39 is 42.3 Å². The number of hydrogen-bond donors (Lipinski definition) is 5. The van der Waals surface area contributed by atoms with Gasteiger partial charge in [0.25, 0.3) is 0 Å². The molecule has 3 rings (SSSR count). The molecule has 9 nitrogen and oxygen atoms in total. The number of carbonyl (C=O) groups is 1. The third-order valence-corrected chi connectivity index (χ3v) is 6.26. The minimum atomic E-state index is -1.77. The highest BCUT2D eigenvalue weighted by molar-refractivity contribution is 5.73. The number of carboxylic acid groups (broad SMARTS) is 1. The lowest BCUT2D eigenvalue weighted by molar-refractivity contribution is -0.271. The minimum Gasteiger partial charge on any atom is -0.479 e. The van der Waals surface area contributed by atoms with Gasteiger partial charge >= 0.3 is 5.97 Å². The van der Waals surface area contributed by atoms with Crippen molar-refractivity contribution in [3.63, 3.8) is 0 Å². The van der Waals surface area contributed by atoms with Crippen LogP contribution < -0.4 is 4.74 Å². The largest absolute Gasteiger partial charge is 0.479 e. The maximum atomic E-state index is 11.3. The molecule has 1 saturated heterocycles. The van der Waals surface area contributed by atoms with Gasteiger partial charge in [0.2, 0.25) is 6.29 Å². The summed E-state index contributed by atoms with van der Waals surface area (Å²) in [6.07, 6.45) is -3.64. The third kappa shape index (κ3) is 5.36. The molecule has 6 atom stereocenters. The number of aliphatic hydroxyl groups is 4. The van der Waals surface area contributed by atoms with Crippen molar-refractivity contribution in [2.24, 2.45) is 0 Å². The lowest BCUT2D eigenvalue weighted by Gasteiger charge is -2.41. The highest BCUT2D eigenvalue weighted by atomic mass is 16.7. The van der Waals surface area contributed by atoms with Crippen LogP contribution in [-0.4, -0.2) is 93.3 Å². The first kappa shape index (κ1) is 23.9. The molecule has 2 aliphatic rings. The molecule has 31 heavy (non-hydrogen) atoms. The summed E-state index contributed by atoms with van der Waals surface area (Å²) in [4.78, 5) is 13.3. The maximum Gasteiger partial charge on any atom is 0.335 e. The number of hydrogen-bond acceptors (Lipinski definition) is 8. The maximum absolute atomic E-state index is 11.3. The van der Waals surface area contributed by atoms with Crippen LogP contribution in [0.2, 0.25) is 0 Å². The van der Waals surface area contributed by atoms with E-state index in [1.807, 2.05) is 31.1 Å². The molecule has 174 valence electrons. The third-order valence-electron chi connectivity index (χ3n) is 6.26. The van der Waals surface area contributed by atoms with E-state index in [9.17, 15) is 25.2 Å². The first-order valence-electron chi connectivity index (χ1n) is 10.7. The zero-order valence-electron chi connectivity index (χ0n) is 17.9. The molecular formula is C22H33NO8. The SMILES string of the molecule is CN(C)CC(c1ccc(OC2O[C@H](C(=O)O)[C@@H](O)[C@H](O)[C@H]2O)cc1)C1(O)CCCCC1. The smallest absolute Gasteiger partial charge is 0.335 e. The van der Waals surface area contributed by atoms with E-state index in [1.54, 1.807) is 12.1 Å². The highest BCUT2D eigenvalue weighted by Crippen LogP contribution is 2.40. The second-order valence-corrected chi connectivity index (χ2v) is 8.90. The fourth-order valence-corrected chi connectivity index (χ4v) is 4.53. The average molecular weight is 440 g/mol. The molecule has 0 aromatic heterocycles. The normalized spacial score (nSPS) is 31.9. The van der Waals surface area contributed by atoms with Gasteiger partial charge in [-0.3, -0.25) is 0 Å². The summed E-state index contributed by atoms with van der Waals surface area (Å²) in [7, 11) is 3.94. The van der Waals surface area contributed by atoms with E-state index in [0.29, 0.717) is 12.3 Å². The first-order chi connectivity index (χ1) is 14.6. The van der Waals surface area contributed by atoms with E-state index in [-0.39, 0.29) is 5.92 Å². The molecule has 2 unspecified atom stereocenters. The lowest BCUT2D eigenvalue weighted by Crippen LogP contribution is -2.61. The van der Waals surface area contributed by atoms with E-state index in [1.165, 1.54) is 0 Å². The van der Waals surface area contributed by atoms with Crippen molar-refractivity contribution < 1.29 is 39.8 Å². The summed E-state index contributed by atoms with van der Waals surface area (Å²) in [6.45, 7) is 0.686. The Morgan fingerprint density at radius 1 is 1.10 bits per heavy atom. The molecule has 1 saturated carbocycles. The van der Waals surface area contributed by atoms with E-state index >= 15 is 0 Å². The number of benzene rings is 1. The molecule has 1 aliphatic carbocycles. The second-order valence-electron chi connectivity index (χ2n) is 8.90. The van der Waals surface area contributed by atoms with Gasteiger partial charge in [0.15, 0.2) is 6.10 Å². The van der Waals surface area contributed by atoms with Gasteiger partial charge < -0.3 is 39.9 Å². The van der Waals surface area contributed by atoms with Crippen LogP contribution in [0.4, 0.5) is 0 Å². The van der Waals surface area contributed by atoms with Crippen molar-refractivity contribution in [1.82, 2.24) is 4.90 Å². The molecule has 5 N–H and O–H groups in total. The predicted octanol–water partition coefficient (Wildman–Crippen LogP) is 0.298. The van der Waals surface area contributed by atoms with Gasteiger partial charge in [0.05, 0.1) is 5.60 Å². The van der Waals surface area contributed by atoms with Crippen molar-refractivity contribution in [2.45, 2.75) is 74.3 Å². The van der Waals surface area contributed by atoms with Crippen LogP contribution in [0.5, 0.6) is 5.75 Å². The number of ether oxygens (including phenoxy) is 2. The topological polar surface area (TPSA) is 140 Å². The first-order valence-corrected chi connectivity index (χ1v) is 10.7. The van der Waals surface area contributed by atoms with Gasteiger partial charge in [-0.15, -0.1) is 0 Å². The van der Waals surface area contributed by atoms with Crippen molar-refractivity contribution in [3.8, 4) is 5.75 Å². The Bertz CT molecular complexity index is 734. The molecule has 0 bridgehead atoms. The summed E-state index contributed by atoms with van der Waals surface area (Å²) >= 11 is 0. The molecule has 1 aliphatic heterocycles. The fourth-order valence-electron chi connectivity index (χ4n) is 4.53. The van der Waals surface area contributed by atoms with Gasteiger partial charge in [0, 0.05) is 12.5 Å². The second kappa shape index (κ2) is 9.81. The summed E-state index contributed by atoms with van der Waals surface area (Å²) in [5.74, 6) is -1.24. The molecule has 1 aromatic carbocycles. The number of aliphatic carboxylic acids is 1. The fraction of sp³-hybridized carbons (Fsp3) is 0.682. The van der Waals surface area contributed by atoms with Gasteiger partial charge in [-0.05, 0) is 44.6 Å². The number of nitrogens with zero attached hydrogens (tertiary/aromatic N) is 1. The molecule has 9 heteroatoms. The van der Waals surface area contributed by atoms with Crippen LogP contribution in [0.15, 0.2) is 24.3 Å². The van der Waals surface area contributed by atoms with Crippen LogP contribution in [0, 0.1) is 0 Å². The Kier molecular flexibility index (Phi) is 7.56. The Balaban J connectivity index is 1.75. The van der Waals surface area contributed by atoms with Crippen LogP contribution in [0.1, 0.15) is 43.6 Å². The number of carboxylic acids is 1. The van der Waals surface area contributed by atoms with E-state index in [0.717, 1.165) is 37.7 Å². The lowest BCUT2D eigenvalue weighted by atomic mass is 9.72. The summed E-state index contributed by atoms with van der Waals surface area (Å²) in [6, 6.07) is 7.00. The number of likely N-dealkylation sites (N-methyl/N-ethyl adjacent to an activating group) is 1. The standard InChI is InChI=1S/C22H33NO8/c1-23(2)12-15(22(29)10-4-3-5-11-22)13-6-8-14(9-7-13)30-21-18(26)16(24)17(25)19(31-21)20(27)28/h6-9,15-19,21,24-26,29H,3-5,10-12H2,1-2H3,(H,27,28)/t15?,16-,17-,18+,19-,21?/m0/s1.